The van der Waals surface area contributed by atoms with Gasteiger partial charge in [0.05, 0.1) is 25.2 Å². The minimum atomic E-state index is -3.74. The van der Waals surface area contributed by atoms with E-state index in [1.54, 1.807) is 24.4 Å². The van der Waals surface area contributed by atoms with Gasteiger partial charge in [0.2, 0.25) is 0 Å². The average Bonchev–Trinajstić information content (AvgIpc) is 3.01. The monoisotopic (exact) mass is 409 g/mol. The Morgan fingerprint density at radius 1 is 1.10 bits per heavy atom. The van der Waals surface area contributed by atoms with Crippen LogP contribution < -0.4 is 4.90 Å². The van der Waals surface area contributed by atoms with E-state index in [-0.39, 0.29) is 23.7 Å². The molecule has 0 aromatic heterocycles. The molecule has 0 spiro atoms. The summed E-state index contributed by atoms with van der Waals surface area (Å²) in [6, 6.07) is 16.7. The van der Waals surface area contributed by atoms with Gasteiger partial charge < -0.3 is 4.90 Å². The summed E-state index contributed by atoms with van der Waals surface area (Å²) in [7, 11) is -3.74. The number of hydrazone groups is 1. The molecule has 29 heavy (non-hydrogen) atoms. The number of hydrogen-bond acceptors (Lipinski definition) is 6. The molecular formula is C21H23N5O2S. The number of fused-ring (bicyclic) bond motifs is 1. The maximum atomic E-state index is 12.3. The fourth-order valence-corrected chi connectivity index (χ4v) is 4.35. The molecule has 0 saturated carbocycles. The van der Waals surface area contributed by atoms with Crippen LogP contribution >= 0.6 is 0 Å². The Morgan fingerprint density at radius 2 is 1.79 bits per heavy atom. The predicted molar refractivity (Wildman–Crippen MR) is 115 cm³/mol. The Kier molecular flexibility index (Phi) is 6.29. The van der Waals surface area contributed by atoms with Crippen molar-refractivity contribution in [3.63, 3.8) is 0 Å². The third-order valence-electron chi connectivity index (χ3n) is 4.66. The molecule has 2 aromatic rings. The fourth-order valence-electron chi connectivity index (χ4n) is 3.15. The lowest BCUT2D eigenvalue weighted by Gasteiger charge is -2.21. The molecular weight excluding hydrogens is 386 g/mol. The molecule has 0 radical (unpaired) electrons. The molecule has 0 atom stereocenters. The second kappa shape index (κ2) is 8.88. The predicted octanol–water partition coefficient (Wildman–Crippen LogP) is 3.23. The van der Waals surface area contributed by atoms with Crippen LogP contribution in [0.5, 0.6) is 0 Å². The van der Waals surface area contributed by atoms with Gasteiger partial charge in [0.15, 0.2) is 5.84 Å². The first-order valence-corrected chi connectivity index (χ1v) is 10.9. The van der Waals surface area contributed by atoms with Crippen molar-refractivity contribution in [3.05, 3.63) is 59.7 Å². The molecule has 1 heterocycles. The Balaban J connectivity index is 1.88. The largest absolute Gasteiger partial charge is 0.372 e. The zero-order valence-electron chi connectivity index (χ0n) is 16.5. The highest BCUT2D eigenvalue weighted by molar-refractivity contribution is 7.90. The molecule has 1 aliphatic rings. The van der Waals surface area contributed by atoms with E-state index in [9.17, 15) is 8.42 Å². The lowest BCUT2D eigenvalue weighted by Crippen LogP contribution is -2.27. The van der Waals surface area contributed by atoms with Crippen LogP contribution in [0.25, 0.3) is 0 Å². The first kappa shape index (κ1) is 20.6. The average molecular weight is 410 g/mol. The summed E-state index contributed by atoms with van der Waals surface area (Å²) in [5.41, 5.74) is 2.51. The summed E-state index contributed by atoms with van der Waals surface area (Å²) in [4.78, 5) is 2.41. The molecule has 0 N–H and O–H groups in total. The zero-order valence-corrected chi connectivity index (χ0v) is 17.3. The number of rotatable bonds is 7. The van der Waals surface area contributed by atoms with Gasteiger partial charge in [0.1, 0.15) is 4.90 Å². The molecule has 1 aliphatic heterocycles. The Morgan fingerprint density at radius 3 is 2.45 bits per heavy atom. The number of sulfonamides is 1. The van der Waals surface area contributed by atoms with Crippen molar-refractivity contribution >= 4 is 27.8 Å². The molecule has 7 nitrogen and oxygen atoms in total. The molecule has 0 saturated heterocycles. The Bertz CT molecular complexity index is 1060. The summed E-state index contributed by atoms with van der Waals surface area (Å²) >= 11 is 0. The van der Waals surface area contributed by atoms with Gasteiger partial charge >= 0.3 is 0 Å². The van der Waals surface area contributed by atoms with Gasteiger partial charge in [0, 0.05) is 24.3 Å². The van der Waals surface area contributed by atoms with E-state index in [2.05, 4.69) is 34.3 Å². The number of anilines is 1. The highest BCUT2D eigenvalue weighted by Gasteiger charge is 2.31. The van der Waals surface area contributed by atoms with E-state index in [0.29, 0.717) is 5.56 Å². The fraction of sp³-hybridized carbons (Fsp3) is 0.286. The highest BCUT2D eigenvalue weighted by Crippen LogP contribution is 2.27. The van der Waals surface area contributed by atoms with Crippen LogP contribution in [-0.2, 0) is 10.0 Å². The van der Waals surface area contributed by atoms with E-state index >= 15 is 0 Å². The minimum absolute atomic E-state index is 0.163. The van der Waals surface area contributed by atoms with Crippen molar-refractivity contribution in [3.8, 4) is 6.07 Å². The minimum Gasteiger partial charge on any atom is -0.372 e. The van der Waals surface area contributed by atoms with Gasteiger partial charge in [-0.15, -0.1) is 4.40 Å². The van der Waals surface area contributed by atoms with Crippen molar-refractivity contribution < 1.29 is 8.42 Å². The second-order valence-corrected chi connectivity index (χ2v) is 8.00. The normalized spacial score (nSPS) is 14.3. The molecule has 8 heteroatoms. The third-order valence-corrected chi connectivity index (χ3v) is 5.99. The lowest BCUT2D eigenvalue weighted by atomic mass is 10.2. The molecule has 0 aliphatic carbocycles. The molecule has 3 rings (SSSR count). The van der Waals surface area contributed by atoms with Crippen LogP contribution in [0.1, 0.15) is 31.4 Å². The van der Waals surface area contributed by atoms with Crippen LogP contribution in [0.3, 0.4) is 0 Å². The number of benzene rings is 2. The molecule has 150 valence electrons. The van der Waals surface area contributed by atoms with E-state index < -0.39 is 10.0 Å². The zero-order chi connectivity index (χ0) is 20.9. The summed E-state index contributed by atoms with van der Waals surface area (Å²) in [6.45, 7) is 6.33. The van der Waals surface area contributed by atoms with E-state index in [4.69, 9.17) is 5.26 Å². The van der Waals surface area contributed by atoms with Crippen LogP contribution in [0.2, 0.25) is 0 Å². The van der Waals surface area contributed by atoms with Crippen LogP contribution in [0.15, 0.2) is 62.9 Å². The van der Waals surface area contributed by atoms with Crippen molar-refractivity contribution in [2.24, 2.45) is 9.50 Å². The van der Waals surface area contributed by atoms with Gasteiger partial charge in [-0.2, -0.15) is 18.8 Å². The third kappa shape index (κ3) is 4.46. The van der Waals surface area contributed by atoms with Gasteiger partial charge in [-0.25, -0.2) is 5.01 Å². The van der Waals surface area contributed by atoms with Crippen molar-refractivity contribution in [2.45, 2.75) is 25.2 Å². The number of nitrogens with zero attached hydrogens (tertiary/aromatic N) is 5. The van der Waals surface area contributed by atoms with Crippen molar-refractivity contribution in [1.82, 2.24) is 5.01 Å². The molecule has 0 fully saturated rings. The standard InChI is InChI=1S/C21H23N5O2S/c1-3-25(4-2)18-12-10-17(11-13-18)16-23-26(15-7-14-22)21-19-8-5-6-9-20(19)29(27,28)24-21/h5-6,8-13,16H,3-4,7,15H2,1-2H3. The van der Waals surface area contributed by atoms with Crippen molar-refractivity contribution in [2.75, 3.05) is 24.5 Å². The first-order chi connectivity index (χ1) is 14.0. The maximum absolute atomic E-state index is 12.3. The quantitative estimate of drug-likeness (QED) is 0.517. The SMILES string of the molecule is CCN(CC)c1ccc(C=NN(CCC#N)C2=NS(=O)(=O)c3ccccc32)cc1. The Labute approximate surface area is 171 Å². The molecule has 0 bridgehead atoms. The van der Waals surface area contributed by atoms with Crippen LogP contribution in [-0.4, -0.2) is 45.1 Å². The van der Waals surface area contributed by atoms with E-state index in [0.717, 1.165) is 24.3 Å². The topological polar surface area (TPSA) is 89.1 Å². The van der Waals surface area contributed by atoms with Crippen molar-refractivity contribution in [1.29, 1.82) is 5.26 Å². The molecule has 0 unspecified atom stereocenters. The summed E-state index contributed by atoms with van der Waals surface area (Å²) in [5, 5.41) is 14.9. The molecule has 2 aromatic carbocycles. The molecule has 0 amide bonds. The second-order valence-electron chi connectivity index (χ2n) is 6.43. The van der Waals surface area contributed by atoms with Gasteiger partial charge in [-0.3, -0.25) is 0 Å². The number of nitriles is 1. The highest BCUT2D eigenvalue weighted by atomic mass is 32.2. The van der Waals surface area contributed by atoms with Gasteiger partial charge in [-0.1, -0.05) is 24.3 Å². The first-order valence-electron chi connectivity index (χ1n) is 9.48. The smallest absolute Gasteiger partial charge is 0.285 e. The van der Waals surface area contributed by atoms with Crippen LogP contribution in [0, 0.1) is 11.3 Å². The van der Waals surface area contributed by atoms with Crippen LogP contribution in [0.4, 0.5) is 5.69 Å². The van der Waals surface area contributed by atoms with Gasteiger partial charge in [-0.05, 0) is 43.7 Å². The van der Waals surface area contributed by atoms with E-state index in [1.807, 2.05) is 24.3 Å². The summed E-state index contributed by atoms with van der Waals surface area (Å²) < 4.78 is 28.6. The number of hydrogen-bond donors (Lipinski definition) is 0. The lowest BCUT2D eigenvalue weighted by molar-refractivity contribution is 0.459. The van der Waals surface area contributed by atoms with Gasteiger partial charge in [0.25, 0.3) is 10.0 Å². The summed E-state index contributed by atoms with van der Waals surface area (Å²) in [6.07, 6.45) is 1.85. The Hall–Kier alpha value is -3.18. The maximum Gasteiger partial charge on any atom is 0.285 e. The summed E-state index contributed by atoms with van der Waals surface area (Å²) in [5.74, 6) is 0.242. The number of amidine groups is 1. The van der Waals surface area contributed by atoms with E-state index in [1.165, 1.54) is 11.1 Å².